The Morgan fingerprint density at radius 1 is 0.964 bits per heavy atom. The van der Waals surface area contributed by atoms with Crippen molar-refractivity contribution in [1.29, 1.82) is 0 Å². The molecule has 3 aromatic carbocycles. The zero-order chi connectivity index (χ0) is 19.3. The molecule has 5 rings (SSSR count). The fourth-order valence-corrected chi connectivity index (χ4v) is 3.86. The van der Waals surface area contributed by atoms with Gasteiger partial charge in [-0.3, -0.25) is 0 Å². The fourth-order valence-electron chi connectivity index (χ4n) is 3.86. The molecule has 1 atom stereocenters. The number of ether oxygens (including phenoxy) is 4. The molecule has 2 heterocycles. The van der Waals surface area contributed by atoms with Gasteiger partial charge in [-0.05, 0) is 30.3 Å². The molecule has 0 bridgehead atoms. The van der Waals surface area contributed by atoms with Gasteiger partial charge < -0.3 is 24.1 Å². The van der Waals surface area contributed by atoms with Gasteiger partial charge in [-0.25, -0.2) is 4.79 Å². The molecular formula is C22H16O6. The van der Waals surface area contributed by atoms with Gasteiger partial charge in [0, 0.05) is 35.9 Å². The molecule has 140 valence electrons. The van der Waals surface area contributed by atoms with Gasteiger partial charge in [-0.1, -0.05) is 18.2 Å². The highest BCUT2D eigenvalue weighted by Gasteiger charge is 2.53. The molecule has 3 aromatic rings. The SMILES string of the molecule is COCOc1ccc2c(c1)Oc1cc(O)ccc1C21OC(=O)c2ccccc21. The highest BCUT2D eigenvalue weighted by Crippen LogP contribution is 2.56. The molecule has 0 aliphatic carbocycles. The molecule has 1 spiro atoms. The Morgan fingerprint density at radius 3 is 2.54 bits per heavy atom. The van der Waals surface area contributed by atoms with Crippen molar-refractivity contribution in [3.63, 3.8) is 0 Å². The molecule has 0 radical (unpaired) electrons. The van der Waals surface area contributed by atoms with Crippen molar-refractivity contribution in [3.05, 3.63) is 82.9 Å². The highest BCUT2D eigenvalue weighted by molar-refractivity contribution is 5.97. The third-order valence-corrected chi connectivity index (χ3v) is 5.01. The number of carbonyl (C=O) groups excluding carboxylic acids is 1. The molecule has 0 saturated heterocycles. The Kier molecular flexibility index (Phi) is 3.57. The van der Waals surface area contributed by atoms with Gasteiger partial charge in [0.05, 0.1) is 5.56 Å². The summed E-state index contributed by atoms with van der Waals surface area (Å²) >= 11 is 0. The van der Waals surface area contributed by atoms with E-state index in [0.717, 1.165) is 5.56 Å². The summed E-state index contributed by atoms with van der Waals surface area (Å²) in [6.07, 6.45) is 0. The maximum Gasteiger partial charge on any atom is 0.340 e. The number of carbonyl (C=O) groups is 1. The highest BCUT2D eigenvalue weighted by atomic mass is 16.7. The van der Waals surface area contributed by atoms with E-state index in [0.29, 0.717) is 33.9 Å². The van der Waals surface area contributed by atoms with Crippen LogP contribution in [0.1, 0.15) is 27.0 Å². The second kappa shape index (κ2) is 6.00. The Bertz CT molecular complexity index is 1110. The van der Waals surface area contributed by atoms with Gasteiger partial charge >= 0.3 is 5.97 Å². The van der Waals surface area contributed by atoms with Crippen molar-refractivity contribution >= 4 is 5.97 Å². The lowest BCUT2D eigenvalue weighted by Crippen LogP contribution is -2.32. The zero-order valence-electron chi connectivity index (χ0n) is 15.0. The van der Waals surface area contributed by atoms with Crippen LogP contribution in [-0.2, 0) is 15.1 Å². The first kappa shape index (κ1) is 16.6. The van der Waals surface area contributed by atoms with E-state index in [1.807, 2.05) is 18.2 Å². The summed E-state index contributed by atoms with van der Waals surface area (Å²) in [7, 11) is 1.54. The predicted octanol–water partition coefficient (Wildman–Crippen LogP) is 3.94. The fraction of sp³-hybridized carbons (Fsp3) is 0.136. The molecule has 2 aliphatic heterocycles. The van der Waals surface area contributed by atoms with E-state index in [1.54, 1.807) is 36.4 Å². The molecule has 0 saturated carbocycles. The quantitative estimate of drug-likeness (QED) is 0.551. The second-order valence-electron chi connectivity index (χ2n) is 6.61. The van der Waals surface area contributed by atoms with Crippen LogP contribution in [0.15, 0.2) is 60.7 Å². The van der Waals surface area contributed by atoms with E-state index < -0.39 is 11.6 Å². The molecule has 6 nitrogen and oxygen atoms in total. The lowest BCUT2D eigenvalue weighted by Gasteiger charge is -2.36. The van der Waals surface area contributed by atoms with Crippen molar-refractivity contribution in [2.75, 3.05) is 13.9 Å². The molecular weight excluding hydrogens is 360 g/mol. The van der Waals surface area contributed by atoms with Crippen LogP contribution in [0.3, 0.4) is 0 Å². The zero-order valence-corrected chi connectivity index (χ0v) is 15.0. The number of hydrogen-bond acceptors (Lipinski definition) is 6. The molecule has 1 unspecified atom stereocenters. The van der Waals surface area contributed by atoms with E-state index in [1.165, 1.54) is 13.2 Å². The minimum Gasteiger partial charge on any atom is -0.508 e. The normalized spacial score (nSPS) is 18.7. The van der Waals surface area contributed by atoms with Crippen LogP contribution in [0.2, 0.25) is 0 Å². The number of benzene rings is 3. The summed E-state index contributed by atoms with van der Waals surface area (Å²) in [4.78, 5) is 12.7. The van der Waals surface area contributed by atoms with Crippen LogP contribution in [-0.4, -0.2) is 25.0 Å². The summed E-state index contributed by atoms with van der Waals surface area (Å²) < 4.78 is 22.5. The maximum atomic E-state index is 12.7. The van der Waals surface area contributed by atoms with E-state index in [-0.39, 0.29) is 12.5 Å². The van der Waals surface area contributed by atoms with Crippen LogP contribution in [0.5, 0.6) is 23.0 Å². The summed E-state index contributed by atoms with van der Waals surface area (Å²) in [6.45, 7) is 0.0964. The number of fused-ring (bicyclic) bond motifs is 6. The molecule has 28 heavy (non-hydrogen) atoms. The lowest BCUT2D eigenvalue weighted by molar-refractivity contribution is 0.0223. The van der Waals surface area contributed by atoms with E-state index in [4.69, 9.17) is 18.9 Å². The number of hydrogen-bond donors (Lipinski definition) is 1. The summed E-state index contributed by atoms with van der Waals surface area (Å²) in [6, 6.07) is 17.4. The monoisotopic (exact) mass is 376 g/mol. The predicted molar refractivity (Wildman–Crippen MR) is 98.9 cm³/mol. The largest absolute Gasteiger partial charge is 0.508 e. The third-order valence-electron chi connectivity index (χ3n) is 5.01. The smallest absolute Gasteiger partial charge is 0.340 e. The van der Waals surface area contributed by atoms with Gasteiger partial charge in [0.1, 0.15) is 23.0 Å². The Hall–Kier alpha value is -3.51. The topological polar surface area (TPSA) is 74.2 Å². The summed E-state index contributed by atoms with van der Waals surface area (Å²) in [5.74, 6) is 1.11. The lowest BCUT2D eigenvalue weighted by atomic mass is 9.77. The van der Waals surface area contributed by atoms with Crippen LogP contribution in [0, 0.1) is 0 Å². The number of rotatable bonds is 3. The van der Waals surface area contributed by atoms with Gasteiger partial charge in [0.25, 0.3) is 0 Å². The minimum atomic E-state index is -1.15. The van der Waals surface area contributed by atoms with Crippen molar-refractivity contribution in [2.45, 2.75) is 5.60 Å². The number of methoxy groups -OCH3 is 1. The van der Waals surface area contributed by atoms with Gasteiger partial charge in [-0.15, -0.1) is 0 Å². The average Bonchev–Trinajstić information content (AvgIpc) is 2.99. The first-order valence-corrected chi connectivity index (χ1v) is 8.74. The molecule has 6 heteroatoms. The third kappa shape index (κ3) is 2.21. The van der Waals surface area contributed by atoms with Crippen LogP contribution >= 0.6 is 0 Å². The minimum absolute atomic E-state index is 0.0572. The van der Waals surface area contributed by atoms with Gasteiger partial charge in [-0.2, -0.15) is 0 Å². The Labute approximate surface area is 160 Å². The van der Waals surface area contributed by atoms with Crippen LogP contribution in [0.25, 0.3) is 0 Å². The molecule has 1 N–H and O–H groups in total. The van der Waals surface area contributed by atoms with E-state index in [2.05, 4.69) is 0 Å². The van der Waals surface area contributed by atoms with Crippen LogP contribution in [0.4, 0.5) is 0 Å². The molecule has 0 aromatic heterocycles. The second-order valence-corrected chi connectivity index (χ2v) is 6.61. The first-order chi connectivity index (χ1) is 13.6. The standard InChI is InChI=1S/C22H16O6/c1-25-12-26-14-7-9-18-20(11-14)27-19-10-13(23)6-8-17(19)22(18)16-5-3-2-4-15(16)21(24)28-22/h2-11,23H,12H2,1H3. The number of phenols is 1. The summed E-state index contributed by atoms with van der Waals surface area (Å²) in [5, 5.41) is 9.96. The van der Waals surface area contributed by atoms with Crippen molar-refractivity contribution < 1.29 is 28.8 Å². The van der Waals surface area contributed by atoms with Gasteiger partial charge in [0.15, 0.2) is 12.4 Å². The number of esters is 1. The molecule has 0 fully saturated rings. The number of aromatic hydroxyl groups is 1. The van der Waals surface area contributed by atoms with Crippen molar-refractivity contribution in [2.24, 2.45) is 0 Å². The van der Waals surface area contributed by atoms with Crippen LogP contribution < -0.4 is 9.47 Å². The average molecular weight is 376 g/mol. The molecule has 2 aliphatic rings. The maximum absolute atomic E-state index is 12.7. The Balaban J connectivity index is 1.78. The first-order valence-electron chi connectivity index (χ1n) is 8.74. The molecule has 0 amide bonds. The van der Waals surface area contributed by atoms with Crippen molar-refractivity contribution in [3.8, 4) is 23.0 Å². The summed E-state index contributed by atoms with van der Waals surface area (Å²) in [5.41, 5.74) is 1.44. The number of phenolic OH excluding ortho intramolecular Hbond substituents is 1. The van der Waals surface area contributed by atoms with E-state index >= 15 is 0 Å². The Morgan fingerprint density at radius 2 is 1.71 bits per heavy atom. The van der Waals surface area contributed by atoms with E-state index in [9.17, 15) is 9.90 Å². The van der Waals surface area contributed by atoms with Gasteiger partial charge in [0.2, 0.25) is 0 Å². The van der Waals surface area contributed by atoms with Crippen molar-refractivity contribution in [1.82, 2.24) is 0 Å².